The molecule has 1 aliphatic rings. The van der Waals surface area contributed by atoms with Gasteiger partial charge in [0.2, 0.25) is 0 Å². The largest absolute Gasteiger partial charge is 0.488 e. The van der Waals surface area contributed by atoms with E-state index in [0.717, 1.165) is 16.7 Å². The zero-order chi connectivity index (χ0) is 26.9. The number of carbonyl (C=O) groups is 2. The molecule has 0 aliphatic carbocycles. The molecule has 1 amide bonds. The second kappa shape index (κ2) is 10.0. The van der Waals surface area contributed by atoms with Crippen LogP contribution in [0.1, 0.15) is 44.6 Å². The molecular formula is C27H21F3N4O4. The van der Waals surface area contributed by atoms with E-state index in [2.05, 4.69) is 20.3 Å². The number of benzene rings is 2. The van der Waals surface area contributed by atoms with Gasteiger partial charge in [-0.25, -0.2) is 9.78 Å². The number of H-pyrrole nitrogens is 1. The Balaban J connectivity index is 1.32. The third-order valence-electron chi connectivity index (χ3n) is 5.93. The fourth-order valence-corrected chi connectivity index (χ4v) is 4.14. The number of fused-ring (bicyclic) bond motifs is 3. The Hall–Kier alpha value is -4.67. The molecular weight excluding hydrogens is 501 g/mol. The average Bonchev–Trinajstić information content (AvgIpc) is 3.38. The van der Waals surface area contributed by atoms with E-state index < -0.39 is 23.5 Å². The highest BCUT2D eigenvalue weighted by Crippen LogP contribution is 2.37. The quantitative estimate of drug-likeness (QED) is 0.339. The number of alkyl halides is 3. The van der Waals surface area contributed by atoms with Crippen molar-refractivity contribution in [3.63, 3.8) is 0 Å². The van der Waals surface area contributed by atoms with Gasteiger partial charge in [-0.1, -0.05) is 18.2 Å². The molecule has 2 aromatic heterocycles. The number of hydrogen-bond acceptors (Lipinski definition) is 6. The number of halogens is 3. The normalized spacial score (nSPS) is 12.2. The first kappa shape index (κ1) is 25.0. The average molecular weight is 522 g/mol. The van der Waals surface area contributed by atoms with Gasteiger partial charge in [-0.15, -0.1) is 0 Å². The number of nitrogens with one attached hydrogen (secondary N) is 2. The Morgan fingerprint density at radius 3 is 2.76 bits per heavy atom. The van der Waals surface area contributed by atoms with Gasteiger partial charge in [-0.3, -0.25) is 9.78 Å². The number of pyridine rings is 1. The summed E-state index contributed by atoms with van der Waals surface area (Å²) in [7, 11) is 0. The minimum absolute atomic E-state index is 0.0887. The van der Waals surface area contributed by atoms with Crippen molar-refractivity contribution in [2.75, 3.05) is 6.61 Å². The lowest BCUT2D eigenvalue weighted by molar-refractivity contribution is -0.141. The Morgan fingerprint density at radius 2 is 1.97 bits per heavy atom. The number of hydrogen-bond donors (Lipinski definition) is 2. The molecule has 1 aliphatic heterocycles. The molecule has 2 N–H and O–H groups in total. The first-order chi connectivity index (χ1) is 18.2. The highest BCUT2D eigenvalue weighted by Gasteiger charge is 2.39. The molecule has 4 aromatic rings. The van der Waals surface area contributed by atoms with Gasteiger partial charge in [0.1, 0.15) is 18.2 Å². The summed E-state index contributed by atoms with van der Waals surface area (Å²) in [5, 5.41) is 2.81. The summed E-state index contributed by atoms with van der Waals surface area (Å²) in [4.78, 5) is 35.0. The third-order valence-corrected chi connectivity index (χ3v) is 5.93. The van der Waals surface area contributed by atoms with E-state index in [0.29, 0.717) is 29.0 Å². The van der Waals surface area contributed by atoms with Crippen LogP contribution in [0.5, 0.6) is 5.75 Å². The van der Waals surface area contributed by atoms with Crippen LogP contribution >= 0.6 is 0 Å². The Morgan fingerprint density at radius 1 is 1.13 bits per heavy atom. The minimum atomic E-state index is -4.82. The first-order valence-corrected chi connectivity index (χ1v) is 11.7. The maximum absolute atomic E-state index is 13.5. The van der Waals surface area contributed by atoms with Crippen LogP contribution in [-0.4, -0.2) is 33.4 Å². The van der Waals surface area contributed by atoms with Gasteiger partial charge >= 0.3 is 12.1 Å². The number of nitrogens with zero attached hydrogens (tertiary/aromatic N) is 2. The van der Waals surface area contributed by atoms with Gasteiger partial charge in [0.25, 0.3) is 5.91 Å². The number of rotatable bonds is 6. The first-order valence-electron chi connectivity index (χ1n) is 11.7. The van der Waals surface area contributed by atoms with Crippen molar-refractivity contribution in [3.05, 3.63) is 89.0 Å². The van der Waals surface area contributed by atoms with Gasteiger partial charge in [0.05, 0.1) is 6.61 Å². The zero-order valence-corrected chi connectivity index (χ0v) is 20.1. The van der Waals surface area contributed by atoms with Crippen LogP contribution in [-0.2, 0) is 24.1 Å². The van der Waals surface area contributed by atoms with Crippen LogP contribution in [0.3, 0.4) is 0 Å². The molecule has 0 radical (unpaired) electrons. The van der Waals surface area contributed by atoms with Crippen molar-refractivity contribution in [2.45, 2.75) is 26.3 Å². The summed E-state index contributed by atoms with van der Waals surface area (Å²) < 4.78 is 50.9. The summed E-state index contributed by atoms with van der Waals surface area (Å²) in [6, 6.07) is 13.5. The molecule has 0 atom stereocenters. The van der Waals surface area contributed by atoms with Crippen LogP contribution in [0.2, 0.25) is 0 Å². The number of ether oxygens (including phenoxy) is 2. The lowest BCUT2D eigenvalue weighted by atomic mass is 9.97. The van der Waals surface area contributed by atoms with Crippen LogP contribution in [0, 0.1) is 0 Å². The SMILES string of the molecule is CCOC(=O)c1nc(-c2cccc(CNC(=O)c3ccc4c(c3)OCc3cnccc3-4)c2)[nH]c1C(F)(F)F. The number of imidazole rings is 1. The third kappa shape index (κ3) is 4.95. The van der Waals surface area contributed by atoms with Crippen LogP contribution in [0.15, 0.2) is 60.9 Å². The number of esters is 1. The van der Waals surface area contributed by atoms with Gasteiger partial charge in [0, 0.05) is 41.2 Å². The lowest BCUT2D eigenvalue weighted by Gasteiger charge is -2.20. The summed E-state index contributed by atoms with van der Waals surface area (Å²) in [5.41, 5.74) is 2.06. The minimum Gasteiger partial charge on any atom is -0.488 e. The highest BCUT2D eigenvalue weighted by atomic mass is 19.4. The fourth-order valence-electron chi connectivity index (χ4n) is 4.14. The van der Waals surface area contributed by atoms with Crippen molar-refractivity contribution in [2.24, 2.45) is 0 Å². The lowest BCUT2D eigenvalue weighted by Crippen LogP contribution is -2.23. The second-order valence-electron chi connectivity index (χ2n) is 8.44. The van der Waals surface area contributed by atoms with Gasteiger partial charge < -0.3 is 19.8 Å². The maximum atomic E-state index is 13.5. The molecule has 0 saturated carbocycles. The molecule has 0 fully saturated rings. The number of carbonyl (C=O) groups excluding carboxylic acids is 2. The molecule has 0 spiro atoms. The van der Waals surface area contributed by atoms with E-state index in [1.807, 2.05) is 12.1 Å². The Kier molecular flexibility index (Phi) is 6.58. The number of aromatic amines is 1. The van der Waals surface area contributed by atoms with Crippen molar-refractivity contribution in [1.82, 2.24) is 20.3 Å². The van der Waals surface area contributed by atoms with E-state index in [4.69, 9.17) is 9.47 Å². The predicted molar refractivity (Wildman–Crippen MR) is 130 cm³/mol. The molecule has 11 heteroatoms. The molecule has 5 rings (SSSR count). The second-order valence-corrected chi connectivity index (χ2v) is 8.44. The van der Waals surface area contributed by atoms with Crippen LogP contribution in [0.4, 0.5) is 13.2 Å². The molecule has 2 aromatic carbocycles. The molecule has 38 heavy (non-hydrogen) atoms. The molecule has 8 nitrogen and oxygen atoms in total. The predicted octanol–water partition coefficient (Wildman–Crippen LogP) is 5.16. The van der Waals surface area contributed by atoms with E-state index >= 15 is 0 Å². The topological polar surface area (TPSA) is 106 Å². The molecule has 0 bridgehead atoms. The van der Waals surface area contributed by atoms with Crippen molar-refractivity contribution in [1.29, 1.82) is 0 Å². The smallest absolute Gasteiger partial charge is 0.433 e. The highest BCUT2D eigenvalue weighted by molar-refractivity contribution is 5.96. The summed E-state index contributed by atoms with van der Waals surface area (Å²) in [6.45, 7) is 1.87. The molecule has 0 saturated heterocycles. The van der Waals surface area contributed by atoms with Crippen LogP contribution < -0.4 is 10.1 Å². The van der Waals surface area contributed by atoms with E-state index in [9.17, 15) is 22.8 Å². The summed E-state index contributed by atoms with van der Waals surface area (Å²) >= 11 is 0. The van der Waals surface area contributed by atoms with Crippen molar-refractivity contribution >= 4 is 11.9 Å². The monoisotopic (exact) mass is 522 g/mol. The van der Waals surface area contributed by atoms with E-state index in [1.165, 1.54) is 6.92 Å². The van der Waals surface area contributed by atoms with Gasteiger partial charge in [-0.05, 0) is 48.4 Å². The Bertz CT molecular complexity index is 1530. The molecule has 194 valence electrons. The fraction of sp³-hybridized carbons (Fsp3) is 0.185. The van der Waals surface area contributed by atoms with Gasteiger partial charge in [0.15, 0.2) is 11.4 Å². The van der Waals surface area contributed by atoms with E-state index in [1.54, 1.807) is 48.8 Å². The molecule has 0 unspecified atom stereocenters. The number of amides is 1. The number of aromatic nitrogens is 3. The van der Waals surface area contributed by atoms with Crippen molar-refractivity contribution < 1.29 is 32.2 Å². The maximum Gasteiger partial charge on any atom is 0.433 e. The standard InChI is InChI=1S/C27H21F3N4O4/c1-2-37-26(36)22-23(27(28,29)30)34-24(33-22)16-5-3-4-15(10-16)12-32-25(35)17-6-7-20-19-8-9-31-13-18(19)14-38-21(20)11-17/h3-11,13H,2,12,14H2,1H3,(H,32,35)(H,33,34). The van der Waals surface area contributed by atoms with E-state index in [-0.39, 0.29) is 24.9 Å². The molecule has 3 heterocycles. The Labute approximate surface area is 214 Å². The zero-order valence-electron chi connectivity index (χ0n) is 20.1. The summed E-state index contributed by atoms with van der Waals surface area (Å²) in [6.07, 6.45) is -1.37. The van der Waals surface area contributed by atoms with Crippen molar-refractivity contribution in [3.8, 4) is 28.3 Å². The summed E-state index contributed by atoms with van der Waals surface area (Å²) in [5.74, 6) is -1.06. The van der Waals surface area contributed by atoms with Gasteiger partial charge in [-0.2, -0.15) is 13.2 Å². The van der Waals surface area contributed by atoms with Crippen LogP contribution in [0.25, 0.3) is 22.5 Å².